The van der Waals surface area contributed by atoms with Crippen LogP contribution in [-0.2, 0) is 9.53 Å². The van der Waals surface area contributed by atoms with Crippen LogP contribution in [0.1, 0.15) is 65.2 Å². The van der Waals surface area contributed by atoms with Crippen LogP contribution >= 0.6 is 0 Å². The van der Waals surface area contributed by atoms with Gasteiger partial charge in [0.1, 0.15) is 0 Å². The van der Waals surface area contributed by atoms with Crippen LogP contribution in [-0.4, -0.2) is 12.6 Å². The molecule has 0 N–H and O–H groups in total. The van der Waals surface area contributed by atoms with Gasteiger partial charge in [-0.2, -0.15) is 0 Å². The molecule has 1 fully saturated rings. The van der Waals surface area contributed by atoms with Crippen molar-refractivity contribution >= 4 is 5.97 Å². The minimum atomic E-state index is 0.0443. The van der Waals surface area contributed by atoms with Gasteiger partial charge in [-0.1, -0.05) is 39.5 Å². The Labute approximate surface area is 99.8 Å². The maximum atomic E-state index is 11.8. The summed E-state index contributed by atoms with van der Waals surface area (Å²) in [7, 11) is 0. The number of unbranched alkanes of at least 4 members (excludes halogenated alkanes) is 1. The molecule has 2 heteroatoms. The molecule has 0 spiro atoms. The molecule has 0 amide bonds. The molecule has 0 bridgehead atoms. The number of ether oxygens (including phenoxy) is 1. The van der Waals surface area contributed by atoms with Crippen molar-refractivity contribution in [2.45, 2.75) is 65.2 Å². The van der Waals surface area contributed by atoms with E-state index in [2.05, 4.69) is 13.8 Å². The molecule has 0 radical (unpaired) electrons. The lowest BCUT2D eigenvalue weighted by molar-refractivity contribution is -0.150. The van der Waals surface area contributed by atoms with Crippen molar-refractivity contribution in [1.82, 2.24) is 0 Å². The molecule has 0 aromatic carbocycles. The molecule has 1 saturated carbocycles. The third-order valence-electron chi connectivity index (χ3n) is 3.67. The predicted octanol–water partition coefficient (Wildman–Crippen LogP) is 3.94. The maximum Gasteiger partial charge on any atom is 0.308 e. The fourth-order valence-electron chi connectivity index (χ4n) is 2.43. The van der Waals surface area contributed by atoms with Gasteiger partial charge in [0, 0.05) is 0 Å². The SMILES string of the molecule is CCCCC(CC)C(=O)OCC1CCCC1. The van der Waals surface area contributed by atoms with Crippen LogP contribution in [0.15, 0.2) is 0 Å². The molecule has 1 unspecified atom stereocenters. The van der Waals surface area contributed by atoms with Gasteiger partial charge in [0.05, 0.1) is 12.5 Å². The van der Waals surface area contributed by atoms with Crippen molar-refractivity contribution < 1.29 is 9.53 Å². The summed E-state index contributed by atoms with van der Waals surface area (Å²) in [4.78, 5) is 11.8. The van der Waals surface area contributed by atoms with Crippen molar-refractivity contribution in [3.05, 3.63) is 0 Å². The first kappa shape index (κ1) is 13.5. The van der Waals surface area contributed by atoms with E-state index in [4.69, 9.17) is 4.74 Å². The highest BCUT2D eigenvalue weighted by molar-refractivity contribution is 5.72. The van der Waals surface area contributed by atoms with Crippen LogP contribution in [0.2, 0.25) is 0 Å². The van der Waals surface area contributed by atoms with Gasteiger partial charge in [-0.25, -0.2) is 0 Å². The highest BCUT2D eigenvalue weighted by Gasteiger charge is 2.21. The Hall–Kier alpha value is -0.530. The van der Waals surface area contributed by atoms with Gasteiger partial charge in [0.2, 0.25) is 0 Å². The lowest BCUT2D eigenvalue weighted by atomic mass is 9.99. The molecule has 0 aliphatic heterocycles. The first-order valence-corrected chi connectivity index (χ1v) is 6.94. The number of esters is 1. The molecule has 0 aromatic heterocycles. The van der Waals surface area contributed by atoms with Gasteiger partial charge in [-0.05, 0) is 31.6 Å². The van der Waals surface area contributed by atoms with Gasteiger partial charge >= 0.3 is 5.97 Å². The summed E-state index contributed by atoms with van der Waals surface area (Å²) in [6, 6.07) is 0. The van der Waals surface area contributed by atoms with Crippen LogP contribution in [0.5, 0.6) is 0 Å². The molecular formula is C14H26O2. The van der Waals surface area contributed by atoms with Crippen molar-refractivity contribution in [2.24, 2.45) is 11.8 Å². The lowest BCUT2D eigenvalue weighted by Gasteiger charge is -2.15. The molecule has 16 heavy (non-hydrogen) atoms. The van der Waals surface area contributed by atoms with Gasteiger partial charge in [-0.3, -0.25) is 4.79 Å². The zero-order chi connectivity index (χ0) is 11.8. The van der Waals surface area contributed by atoms with Gasteiger partial charge in [0.25, 0.3) is 0 Å². The van der Waals surface area contributed by atoms with E-state index in [9.17, 15) is 4.79 Å². The van der Waals surface area contributed by atoms with Crippen molar-refractivity contribution in [2.75, 3.05) is 6.61 Å². The summed E-state index contributed by atoms with van der Waals surface area (Å²) in [5.74, 6) is 0.830. The van der Waals surface area contributed by atoms with Crippen LogP contribution < -0.4 is 0 Å². The third-order valence-corrected chi connectivity index (χ3v) is 3.67. The Morgan fingerprint density at radius 2 is 2.00 bits per heavy atom. The third kappa shape index (κ3) is 4.54. The van der Waals surface area contributed by atoms with E-state index in [0.717, 1.165) is 25.7 Å². The average molecular weight is 226 g/mol. The topological polar surface area (TPSA) is 26.3 Å². The zero-order valence-corrected chi connectivity index (χ0v) is 10.8. The van der Waals surface area contributed by atoms with E-state index in [-0.39, 0.29) is 11.9 Å². The van der Waals surface area contributed by atoms with E-state index < -0.39 is 0 Å². The zero-order valence-electron chi connectivity index (χ0n) is 10.8. The van der Waals surface area contributed by atoms with Crippen molar-refractivity contribution in [3.63, 3.8) is 0 Å². The molecule has 0 heterocycles. The molecule has 1 aliphatic carbocycles. The van der Waals surface area contributed by atoms with Crippen LogP contribution in [0.3, 0.4) is 0 Å². The average Bonchev–Trinajstić information content (AvgIpc) is 2.80. The smallest absolute Gasteiger partial charge is 0.308 e. The summed E-state index contributed by atoms with van der Waals surface area (Å²) in [6.45, 7) is 4.91. The monoisotopic (exact) mass is 226 g/mol. The van der Waals surface area contributed by atoms with Gasteiger partial charge < -0.3 is 4.74 Å². The Morgan fingerprint density at radius 3 is 2.56 bits per heavy atom. The van der Waals surface area contributed by atoms with E-state index in [1.165, 1.54) is 25.7 Å². The fraction of sp³-hybridized carbons (Fsp3) is 0.929. The summed E-state index contributed by atoms with van der Waals surface area (Å²) in [5, 5.41) is 0. The number of hydrogen-bond acceptors (Lipinski definition) is 2. The maximum absolute atomic E-state index is 11.8. The second kappa shape index (κ2) is 7.70. The molecule has 94 valence electrons. The minimum Gasteiger partial charge on any atom is -0.465 e. The second-order valence-electron chi connectivity index (χ2n) is 5.03. The minimum absolute atomic E-state index is 0.0443. The number of carbonyl (C=O) groups is 1. The molecular weight excluding hydrogens is 200 g/mol. The van der Waals surface area contributed by atoms with E-state index in [0.29, 0.717) is 12.5 Å². The highest BCUT2D eigenvalue weighted by atomic mass is 16.5. The van der Waals surface area contributed by atoms with Gasteiger partial charge in [-0.15, -0.1) is 0 Å². The van der Waals surface area contributed by atoms with Gasteiger partial charge in [0.15, 0.2) is 0 Å². The van der Waals surface area contributed by atoms with Crippen LogP contribution in [0.4, 0.5) is 0 Å². The molecule has 1 aliphatic rings. The number of hydrogen-bond donors (Lipinski definition) is 0. The molecule has 1 atom stereocenters. The van der Waals surface area contributed by atoms with Crippen LogP contribution in [0.25, 0.3) is 0 Å². The first-order valence-electron chi connectivity index (χ1n) is 6.94. The Bertz CT molecular complexity index is 195. The predicted molar refractivity (Wildman–Crippen MR) is 66.2 cm³/mol. The second-order valence-corrected chi connectivity index (χ2v) is 5.03. The van der Waals surface area contributed by atoms with E-state index in [1.807, 2.05) is 0 Å². The Kier molecular flexibility index (Phi) is 6.51. The summed E-state index contributed by atoms with van der Waals surface area (Å²) < 4.78 is 5.44. The summed E-state index contributed by atoms with van der Waals surface area (Å²) >= 11 is 0. The van der Waals surface area contributed by atoms with Crippen molar-refractivity contribution in [1.29, 1.82) is 0 Å². The largest absolute Gasteiger partial charge is 0.465 e. The molecule has 0 aromatic rings. The first-order chi connectivity index (χ1) is 7.77. The number of carbonyl (C=O) groups excluding carboxylic acids is 1. The quantitative estimate of drug-likeness (QED) is 0.615. The lowest BCUT2D eigenvalue weighted by Crippen LogP contribution is -2.20. The molecule has 0 saturated heterocycles. The molecule has 2 nitrogen and oxygen atoms in total. The fourth-order valence-corrected chi connectivity index (χ4v) is 2.43. The highest BCUT2D eigenvalue weighted by Crippen LogP contribution is 2.25. The summed E-state index contributed by atoms with van der Waals surface area (Å²) in [6.07, 6.45) is 9.34. The number of rotatable bonds is 7. The van der Waals surface area contributed by atoms with Crippen molar-refractivity contribution in [3.8, 4) is 0 Å². The standard InChI is InChI=1S/C14H26O2/c1-3-5-10-13(4-2)14(15)16-11-12-8-6-7-9-12/h12-13H,3-11H2,1-2H3. The van der Waals surface area contributed by atoms with E-state index in [1.54, 1.807) is 0 Å². The summed E-state index contributed by atoms with van der Waals surface area (Å²) in [5.41, 5.74) is 0. The Balaban J connectivity index is 2.19. The normalized spacial score (nSPS) is 18.6. The molecule has 1 rings (SSSR count). The Morgan fingerprint density at radius 1 is 1.31 bits per heavy atom. The van der Waals surface area contributed by atoms with Crippen LogP contribution in [0, 0.1) is 11.8 Å². The van der Waals surface area contributed by atoms with E-state index >= 15 is 0 Å².